The van der Waals surface area contributed by atoms with Gasteiger partial charge in [-0.2, -0.15) is 0 Å². The molecule has 0 atom stereocenters. The summed E-state index contributed by atoms with van der Waals surface area (Å²) in [5.41, 5.74) is 3.64. The monoisotopic (exact) mass is 420 g/mol. The lowest BCUT2D eigenvalue weighted by Crippen LogP contribution is -2.43. The predicted molar refractivity (Wildman–Crippen MR) is 112 cm³/mol. The van der Waals surface area contributed by atoms with E-state index in [9.17, 15) is 9.59 Å². The van der Waals surface area contributed by atoms with Gasteiger partial charge >= 0.3 is 0 Å². The highest BCUT2D eigenvalue weighted by Crippen LogP contribution is 2.35. The Morgan fingerprint density at radius 3 is 2.87 bits per heavy atom. The quantitative estimate of drug-likeness (QED) is 0.639. The van der Waals surface area contributed by atoms with Gasteiger partial charge in [-0.1, -0.05) is 23.0 Å². The first kappa shape index (κ1) is 17.3. The van der Waals surface area contributed by atoms with Gasteiger partial charge in [0.2, 0.25) is 6.79 Å². The van der Waals surface area contributed by atoms with Crippen LogP contribution in [0.2, 0.25) is 0 Å². The van der Waals surface area contributed by atoms with Crippen LogP contribution < -0.4 is 34.6 Å². The van der Waals surface area contributed by atoms with Crippen molar-refractivity contribution in [3.63, 3.8) is 0 Å². The van der Waals surface area contributed by atoms with Crippen molar-refractivity contribution in [1.29, 1.82) is 0 Å². The lowest BCUT2D eigenvalue weighted by atomic mass is 10.1. The fourth-order valence-corrected chi connectivity index (χ4v) is 4.97. The number of carbonyl (C=O) groups is 1. The van der Waals surface area contributed by atoms with Crippen LogP contribution in [0, 0.1) is 6.92 Å². The van der Waals surface area contributed by atoms with Crippen molar-refractivity contribution < 1.29 is 14.3 Å². The van der Waals surface area contributed by atoms with Crippen molar-refractivity contribution in [2.45, 2.75) is 13.6 Å². The zero-order valence-corrected chi connectivity index (χ0v) is 16.8. The number of hydrogen-bond donors (Lipinski definition) is 1. The number of thiazole rings is 1. The molecule has 9 heteroatoms. The van der Waals surface area contributed by atoms with Crippen molar-refractivity contribution in [3.8, 4) is 11.5 Å². The second-order valence-electron chi connectivity index (χ2n) is 7.34. The molecule has 0 fully saturated rings. The third-order valence-corrected chi connectivity index (χ3v) is 6.54. The van der Waals surface area contributed by atoms with Crippen LogP contribution in [0.3, 0.4) is 0 Å². The summed E-state index contributed by atoms with van der Waals surface area (Å²) in [5.74, 6) is 1.14. The van der Waals surface area contributed by atoms with Crippen LogP contribution in [0.4, 0.5) is 11.4 Å². The van der Waals surface area contributed by atoms with E-state index in [-0.39, 0.29) is 18.3 Å². The molecular weight excluding hydrogens is 404 g/mol. The Morgan fingerprint density at radius 1 is 1.10 bits per heavy atom. The standard InChI is InChI=1S/C21H16N4O4S/c1-11-2-4-14-13(6-11)17(19(26)23-14)18-20(27)25-9-24(8-22-21(25)30-18)12-3-5-15-16(7-12)29-10-28-15/h2-7H,8-10H2,1H3,(H,23,26)/b18-17-. The van der Waals surface area contributed by atoms with Crippen LogP contribution in [0.15, 0.2) is 46.2 Å². The summed E-state index contributed by atoms with van der Waals surface area (Å²) in [7, 11) is 0. The summed E-state index contributed by atoms with van der Waals surface area (Å²) in [6, 6.07) is 11.4. The van der Waals surface area contributed by atoms with Crippen LogP contribution in [-0.4, -0.2) is 23.9 Å². The Bertz CT molecular complexity index is 1420. The molecular formula is C21H16N4O4S. The molecule has 4 heterocycles. The average Bonchev–Trinajstić information content (AvgIpc) is 3.42. The molecule has 0 unspecified atom stereocenters. The lowest BCUT2D eigenvalue weighted by molar-refractivity contribution is -0.110. The van der Waals surface area contributed by atoms with Gasteiger partial charge < -0.3 is 19.7 Å². The lowest BCUT2D eigenvalue weighted by Gasteiger charge is -2.25. The summed E-state index contributed by atoms with van der Waals surface area (Å²) >= 11 is 1.26. The van der Waals surface area contributed by atoms with Crippen molar-refractivity contribution in [1.82, 2.24) is 4.57 Å². The van der Waals surface area contributed by atoms with Crippen LogP contribution >= 0.6 is 11.3 Å². The Kier molecular flexibility index (Phi) is 3.57. The molecule has 2 aromatic carbocycles. The van der Waals surface area contributed by atoms with E-state index >= 15 is 0 Å². The van der Waals surface area contributed by atoms with Crippen LogP contribution in [-0.2, 0) is 11.5 Å². The number of amides is 1. The summed E-state index contributed by atoms with van der Waals surface area (Å²) in [6.45, 7) is 2.94. The minimum atomic E-state index is -0.250. The molecule has 0 aliphatic carbocycles. The SMILES string of the molecule is Cc1ccc2c(c1)/C(=c1/sc3n(c1=O)CN(c1ccc4c(c1)OCO4)CN=3)C(=O)N2. The summed E-state index contributed by atoms with van der Waals surface area (Å²) in [5, 5.41) is 2.86. The molecule has 6 rings (SSSR count). The van der Waals surface area contributed by atoms with Gasteiger partial charge in [-0.15, -0.1) is 0 Å². The second kappa shape index (κ2) is 6.20. The van der Waals surface area contributed by atoms with Crippen molar-refractivity contribution in [3.05, 3.63) is 67.2 Å². The highest BCUT2D eigenvalue weighted by Gasteiger charge is 2.28. The number of aromatic nitrogens is 1. The van der Waals surface area contributed by atoms with Crippen molar-refractivity contribution >= 4 is 34.2 Å². The maximum atomic E-state index is 13.2. The first-order chi connectivity index (χ1) is 14.6. The highest BCUT2D eigenvalue weighted by molar-refractivity contribution is 7.07. The predicted octanol–water partition coefficient (Wildman–Crippen LogP) is 1.15. The number of nitrogens with one attached hydrogen (secondary N) is 1. The first-order valence-corrected chi connectivity index (χ1v) is 10.3. The third-order valence-electron chi connectivity index (χ3n) is 5.42. The molecule has 30 heavy (non-hydrogen) atoms. The Hall–Kier alpha value is -3.59. The molecule has 3 aromatic rings. The molecule has 1 aromatic heterocycles. The minimum Gasteiger partial charge on any atom is -0.454 e. The summed E-state index contributed by atoms with van der Waals surface area (Å²) in [6.07, 6.45) is 0. The molecule has 3 aliphatic heterocycles. The van der Waals surface area contributed by atoms with Gasteiger partial charge in [-0.25, -0.2) is 4.99 Å². The summed E-state index contributed by atoms with van der Waals surface area (Å²) in [4.78, 5) is 33.1. The molecule has 150 valence electrons. The van der Waals surface area contributed by atoms with Gasteiger partial charge in [-0.3, -0.25) is 14.2 Å². The van der Waals surface area contributed by atoms with Gasteiger partial charge in [0.25, 0.3) is 11.5 Å². The zero-order valence-electron chi connectivity index (χ0n) is 16.0. The number of rotatable bonds is 1. The number of aryl methyl sites for hydroxylation is 1. The van der Waals surface area contributed by atoms with E-state index in [0.29, 0.717) is 39.7 Å². The highest BCUT2D eigenvalue weighted by atomic mass is 32.1. The van der Waals surface area contributed by atoms with E-state index in [1.54, 1.807) is 4.57 Å². The van der Waals surface area contributed by atoms with Gasteiger partial charge in [0.1, 0.15) is 17.9 Å². The molecule has 0 radical (unpaired) electrons. The molecule has 0 spiro atoms. The maximum absolute atomic E-state index is 13.2. The molecule has 0 bridgehead atoms. The van der Waals surface area contributed by atoms with Crippen molar-refractivity contribution in [2.24, 2.45) is 4.99 Å². The van der Waals surface area contributed by atoms with E-state index in [1.807, 2.05) is 48.2 Å². The van der Waals surface area contributed by atoms with Gasteiger partial charge in [0, 0.05) is 23.0 Å². The molecule has 1 N–H and O–H groups in total. The topological polar surface area (TPSA) is 85.2 Å². The van der Waals surface area contributed by atoms with E-state index in [4.69, 9.17) is 9.47 Å². The maximum Gasteiger partial charge on any atom is 0.272 e. The zero-order chi connectivity index (χ0) is 20.4. The van der Waals surface area contributed by atoms with E-state index in [0.717, 1.165) is 22.5 Å². The van der Waals surface area contributed by atoms with E-state index < -0.39 is 0 Å². The molecule has 0 saturated carbocycles. The Labute approximate surface area is 174 Å². The molecule has 8 nitrogen and oxygen atoms in total. The fourth-order valence-electron chi connectivity index (χ4n) is 3.91. The smallest absolute Gasteiger partial charge is 0.272 e. The molecule has 0 saturated heterocycles. The minimum absolute atomic E-state index is 0.205. The normalized spacial score (nSPS) is 18.0. The number of fused-ring (bicyclic) bond motifs is 3. The number of nitrogens with zero attached hydrogens (tertiary/aromatic N) is 3. The van der Waals surface area contributed by atoms with Gasteiger partial charge in [0.05, 0.1) is 5.57 Å². The Balaban J connectivity index is 1.45. The van der Waals surface area contributed by atoms with Crippen LogP contribution in [0.5, 0.6) is 11.5 Å². The van der Waals surface area contributed by atoms with Crippen molar-refractivity contribution in [2.75, 3.05) is 23.7 Å². The van der Waals surface area contributed by atoms with Crippen LogP contribution in [0.1, 0.15) is 11.1 Å². The number of ether oxygens (including phenoxy) is 2. The number of benzene rings is 2. The molecule has 3 aliphatic rings. The van der Waals surface area contributed by atoms with E-state index in [2.05, 4.69) is 10.3 Å². The number of anilines is 2. The van der Waals surface area contributed by atoms with Crippen LogP contribution in [0.25, 0.3) is 5.57 Å². The second-order valence-corrected chi connectivity index (χ2v) is 8.32. The van der Waals surface area contributed by atoms with Gasteiger partial charge in [-0.05, 0) is 31.2 Å². The third kappa shape index (κ3) is 2.48. The molecule has 1 amide bonds. The number of hydrogen-bond acceptors (Lipinski definition) is 7. The summed E-state index contributed by atoms with van der Waals surface area (Å²) < 4.78 is 12.9. The first-order valence-electron chi connectivity index (χ1n) is 9.44. The average molecular weight is 420 g/mol. The fraction of sp³-hybridized carbons (Fsp3) is 0.190. The number of carbonyl (C=O) groups excluding carboxylic acids is 1. The van der Waals surface area contributed by atoms with E-state index in [1.165, 1.54) is 11.3 Å². The Morgan fingerprint density at radius 2 is 1.97 bits per heavy atom. The van der Waals surface area contributed by atoms with Gasteiger partial charge in [0.15, 0.2) is 16.3 Å². The largest absolute Gasteiger partial charge is 0.454 e.